The van der Waals surface area contributed by atoms with E-state index in [0.29, 0.717) is 0 Å². The van der Waals surface area contributed by atoms with E-state index in [9.17, 15) is 0 Å². The van der Waals surface area contributed by atoms with Crippen LogP contribution in [0.15, 0.2) is 42.6 Å². The third-order valence-corrected chi connectivity index (χ3v) is 3.46. The Bertz CT molecular complexity index is 544. The highest BCUT2D eigenvalue weighted by Crippen LogP contribution is 2.32. The van der Waals surface area contributed by atoms with Crippen LogP contribution in [0.3, 0.4) is 0 Å². The van der Waals surface area contributed by atoms with Gasteiger partial charge in [0.15, 0.2) is 0 Å². The van der Waals surface area contributed by atoms with Crippen LogP contribution in [-0.2, 0) is 12.1 Å². The first kappa shape index (κ1) is 10.5. The number of pyridine rings is 1. The molecular weight excluding hydrogens is 208 g/mol. The van der Waals surface area contributed by atoms with Gasteiger partial charge in [-0.25, -0.2) is 0 Å². The number of nitrogens with zero attached hydrogens (tertiary/aromatic N) is 1. The average Bonchev–Trinajstić information content (AvgIpc) is 2.66. The van der Waals surface area contributed by atoms with E-state index in [4.69, 9.17) is 0 Å². The molecule has 0 atom stereocenters. The second-order valence-electron chi connectivity index (χ2n) is 5.07. The highest BCUT2D eigenvalue weighted by Gasteiger charge is 2.28. The second-order valence-corrected chi connectivity index (χ2v) is 5.07. The Kier molecular flexibility index (Phi) is 2.26. The van der Waals surface area contributed by atoms with Crippen LogP contribution in [0.4, 0.5) is 0 Å². The lowest BCUT2D eigenvalue weighted by Crippen LogP contribution is -2.28. The molecule has 0 spiro atoms. The Morgan fingerprint density at radius 3 is 2.82 bits per heavy atom. The normalized spacial score (nSPS) is 16.8. The first-order chi connectivity index (χ1) is 8.17. The van der Waals surface area contributed by atoms with Gasteiger partial charge in [0.25, 0.3) is 0 Å². The van der Waals surface area contributed by atoms with Crippen LogP contribution < -0.4 is 5.32 Å². The Labute approximate surface area is 102 Å². The van der Waals surface area contributed by atoms with Crippen molar-refractivity contribution in [1.82, 2.24) is 10.3 Å². The quantitative estimate of drug-likeness (QED) is 0.805. The molecule has 0 saturated heterocycles. The summed E-state index contributed by atoms with van der Waals surface area (Å²) in [5.41, 5.74) is 5.12. The fraction of sp³-hybridized carbons (Fsp3) is 0.267. The number of hydrogen-bond acceptors (Lipinski definition) is 2. The molecule has 1 aliphatic rings. The monoisotopic (exact) mass is 224 g/mol. The molecule has 1 N–H and O–H groups in total. The largest absolute Gasteiger partial charge is 0.304 e. The van der Waals surface area contributed by atoms with Crippen molar-refractivity contribution in [2.45, 2.75) is 25.9 Å². The van der Waals surface area contributed by atoms with Gasteiger partial charge in [-0.3, -0.25) is 4.98 Å². The van der Waals surface area contributed by atoms with E-state index in [0.717, 1.165) is 12.2 Å². The molecule has 0 unspecified atom stereocenters. The van der Waals surface area contributed by atoms with Gasteiger partial charge in [0.05, 0.1) is 5.69 Å². The fourth-order valence-corrected chi connectivity index (χ4v) is 2.45. The SMILES string of the molecule is CC1(C)NCc2cc(-c3ccccn3)ccc21. The predicted octanol–water partition coefficient (Wildman–Crippen LogP) is 3.09. The lowest BCUT2D eigenvalue weighted by Gasteiger charge is -2.19. The smallest absolute Gasteiger partial charge is 0.0702 e. The average molecular weight is 224 g/mol. The summed E-state index contributed by atoms with van der Waals surface area (Å²) in [6.45, 7) is 5.39. The topological polar surface area (TPSA) is 24.9 Å². The van der Waals surface area contributed by atoms with E-state index in [1.807, 2.05) is 18.3 Å². The van der Waals surface area contributed by atoms with Gasteiger partial charge in [0, 0.05) is 23.8 Å². The van der Waals surface area contributed by atoms with E-state index in [-0.39, 0.29) is 5.54 Å². The number of nitrogens with one attached hydrogen (secondary N) is 1. The van der Waals surface area contributed by atoms with Gasteiger partial charge in [0.1, 0.15) is 0 Å². The van der Waals surface area contributed by atoms with Gasteiger partial charge in [-0.05, 0) is 43.2 Å². The van der Waals surface area contributed by atoms with Crippen molar-refractivity contribution in [3.05, 3.63) is 53.7 Å². The van der Waals surface area contributed by atoms with Crippen molar-refractivity contribution in [3.8, 4) is 11.3 Å². The molecule has 2 nitrogen and oxygen atoms in total. The van der Waals surface area contributed by atoms with E-state index in [1.165, 1.54) is 16.7 Å². The minimum absolute atomic E-state index is 0.0952. The van der Waals surface area contributed by atoms with Crippen molar-refractivity contribution < 1.29 is 0 Å². The van der Waals surface area contributed by atoms with Crippen molar-refractivity contribution in [2.24, 2.45) is 0 Å². The maximum atomic E-state index is 4.39. The number of aromatic nitrogens is 1. The molecule has 0 saturated carbocycles. The third-order valence-electron chi connectivity index (χ3n) is 3.46. The summed E-state index contributed by atoms with van der Waals surface area (Å²) in [5.74, 6) is 0. The Morgan fingerprint density at radius 1 is 1.18 bits per heavy atom. The zero-order valence-electron chi connectivity index (χ0n) is 10.2. The molecule has 0 fully saturated rings. The summed E-state index contributed by atoms with van der Waals surface area (Å²) in [6.07, 6.45) is 1.84. The van der Waals surface area contributed by atoms with Crippen LogP contribution in [-0.4, -0.2) is 4.98 Å². The lowest BCUT2D eigenvalue weighted by molar-refractivity contribution is 0.442. The van der Waals surface area contributed by atoms with Gasteiger partial charge in [0.2, 0.25) is 0 Å². The zero-order valence-corrected chi connectivity index (χ0v) is 10.2. The summed E-state index contributed by atoms with van der Waals surface area (Å²) in [5, 5.41) is 3.52. The predicted molar refractivity (Wildman–Crippen MR) is 69.5 cm³/mol. The summed E-state index contributed by atoms with van der Waals surface area (Å²) >= 11 is 0. The van der Waals surface area contributed by atoms with Crippen molar-refractivity contribution >= 4 is 0 Å². The van der Waals surface area contributed by atoms with Crippen LogP contribution in [0.25, 0.3) is 11.3 Å². The van der Waals surface area contributed by atoms with Crippen LogP contribution in [0.5, 0.6) is 0 Å². The molecule has 2 aromatic rings. The molecule has 1 aliphatic heterocycles. The molecule has 1 aromatic carbocycles. The highest BCUT2D eigenvalue weighted by atomic mass is 15.0. The van der Waals surface area contributed by atoms with Crippen molar-refractivity contribution in [2.75, 3.05) is 0 Å². The standard InChI is InChI=1S/C15H16N2/c1-15(2)13-7-6-11(9-12(13)10-17-15)14-5-3-4-8-16-14/h3-9,17H,10H2,1-2H3. The number of hydrogen-bond donors (Lipinski definition) is 1. The van der Waals surface area contributed by atoms with E-state index >= 15 is 0 Å². The minimum Gasteiger partial charge on any atom is -0.304 e. The van der Waals surface area contributed by atoms with E-state index in [1.54, 1.807) is 0 Å². The molecule has 0 aliphatic carbocycles. The van der Waals surface area contributed by atoms with Gasteiger partial charge < -0.3 is 5.32 Å². The Morgan fingerprint density at radius 2 is 2.06 bits per heavy atom. The van der Waals surface area contributed by atoms with E-state index in [2.05, 4.69) is 48.4 Å². The Hall–Kier alpha value is -1.67. The number of rotatable bonds is 1. The van der Waals surface area contributed by atoms with Gasteiger partial charge in [-0.2, -0.15) is 0 Å². The first-order valence-corrected chi connectivity index (χ1v) is 5.97. The molecule has 2 heterocycles. The molecule has 1 aromatic heterocycles. The van der Waals surface area contributed by atoms with Crippen LogP contribution in [0, 0.1) is 0 Å². The van der Waals surface area contributed by atoms with Crippen LogP contribution in [0.1, 0.15) is 25.0 Å². The lowest BCUT2D eigenvalue weighted by atomic mass is 9.93. The summed E-state index contributed by atoms with van der Waals surface area (Å²) in [4.78, 5) is 4.39. The van der Waals surface area contributed by atoms with Gasteiger partial charge >= 0.3 is 0 Å². The minimum atomic E-state index is 0.0952. The summed E-state index contributed by atoms with van der Waals surface area (Å²) in [6, 6.07) is 12.7. The first-order valence-electron chi connectivity index (χ1n) is 5.97. The molecule has 2 heteroatoms. The fourth-order valence-electron chi connectivity index (χ4n) is 2.45. The maximum absolute atomic E-state index is 4.39. The highest BCUT2D eigenvalue weighted by molar-refractivity contribution is 5.62. The van der Waals surface area contributed by atoms with Gasteiger partial charge in [-0.15, -0.1) is 0 Å². The van der Waals surface area contributed by atoms with Gasteiger partial charge in [-0.1, -0.05) is 18.2 Å². The number of fused-ring (bicyclic) bond motifs is 1. The molecule has 0 bridgehead atoms. The Balaban J connectivity index is 2.07. The summed E-state index contributed by atoms with van der Waals surface area (Å²) < 4.78 is 0. The second kappa shape index (κ2) is 3.67. The molecule has 86 valence electrons. The molecule has 0 amide bonds. The number of benzene rings is 1. The van der Waals surface area contributed by atoms with Crippen molar-refractivity contribution in [3.63, 3.8) is 0 Å². The maximum Gasteiger partial charge on any atom is 0.0702 e. The summed E-state index contributed by atoms with van der Waals surface area (Å²) in [7, 11) is 0. The molecule has 0 radical (unpaired) electrons. The van der Waals surface area contributed by atoms with Crippen LogP contribution in [0.2, 0.25) is 0 Å². The van der Waals surface area contributed by atoms with Crippen molar-refractivity contribution in [1.29, 1.82) is 0 Å². The molecule has 17 heavy (non-hydrogen) atoms. The third kappa shape index (κ3) is 1.75. The van der Waals surface area contributed by atoms with E-state index < -0.39 is 0 Å². The van der Waals surface area contributed by atoms with Crippen LogP contribution >= 0.6 is 0 Å². The molecular formula is C15H16N2. The zero-order chi connectivity index (χ0) is 11.9. The molecule has 3 rings (SSSR count).